The van der Waals surface area contributed by atoms with Crippen molar-refractivity contribution in [1.29, 1.82) is 0 Å². The maximum atomic E-state index is 12.6. The van der Waals surface area contributed by atoms with Gasteiger partial charge in [0, 0.05) is 18.0 Å². The first-order valence-electron chi connectivity index (χ1n) is 5.78. The fourth-order valence-corrected chi connectivity index (χ4v) is 1.85. The summed E-state index contributed by atoms with van der Waals surface area (Å²) in [5.41, 5.74) is 1.33. The molecular formula is C14H8F3N3. The van der Waals surface area contributed by atoms with Gasteiger partial charge >= 0.3 is 6.18 Å². The van der Waals surface area contributed by atoms with Crippen molar-refractivity contribution in [2.24, 2.45) is 0 Å². The van der Waals surface area contributed by atoms with Gasteiger partial charge in [-0.2, -0.15) is 13.2 Å². The van der Waals surface area contributed by atoms with Gasteiger partial charge in [0.15, 0.2) is 0 Å². The van der Waals surface area contributed by atoms with Crippen LogP contribution in [0.5, 0.6) is 0 Å². The average molecular weight is 275 g/mol. The Balaban J connectivity index is 2.10. The minimum Gasteiger partial charge on any atom is -0.265 e. The number of hydrogen-bond acceptors (Lipinski definition) is 3. The molecule has 0 aliphatic carbocycles. The highest BCUT2D eigenvalue weighted by Crippen LogP contribution is 2.31. The minimum absolute atomic E-state index is 0.220. The monoisotopic (exact) mass is 275 g/mol. The number of alkyl halides is 3. The standard InChI is InChI=1S/C14H8F3N3/c15-14(16,17)10-1-2-11-12(7-10)19-8-13(20-11)9-3-5-18-6-4-9/h1-8H. The molecule has 6 heteroatoms. The zero-order valence-corrected chi connectivity index (χ0v) is 10.1. The molecule has 20 heavy (non-hydrogen) atoms. The number of fused-ring (bicyclic) bond motifs is 1. The molecule has 3 nitrogen and oxygen atoms in total. The van der Waals surface area contributed by atoms with Crippen molar-refractivity contribution in [3.63, 3.8) is 0 Å². The quantitative estimate of drug-likeness (QED) is 0.679. The van der Waals surface area contributed by atoms with Gasteiger partial charge in [-0.1, -0.05) is 0 Å². The Kier molecular flexibility index (Phi) is 2.85. The second kappa shape index (κ2) is 4.56. The van der Waals surface area contributed by atoms with Crippen LogP contribution in [0.3, 0.4) is 0 Å². The molecule has 0 N–H and O–H groups in total. The van der Waals surface area contributed by atoms with Crippen molar-refractivity contribution in [3.05, 3.63) is 54.5 Å². The van der Waals surface area contributed by atoms with E-state index in [1.54, 1.807) is 24.5 Å². The lowest BCUT2D eigenvalue weighted by Gasteiger charge is -2.07. The van der Waals surface area contributed by atoms with Crippen LogP contribution in [0.25, 0.3) is 22.3 Å². The van der Waals surface area contributed by atoms with Crippen LogP contribution in [0.2, 0.25) is 0 Å². The zero-order valence-electron chi connectivity index (χ0n) is 10.1. The lowest BCUT2D eigenvalue weighted by Crippen LogP contribution is -2.04. The van der Waals surface area contributed by atoms with Crippen molar-refractivity contribution in [2.75, 3.05) is 0 Å². The molecule has 0 fully saturated rings. The summed E-state index contributed by atoms with van der Waals surface area (Å²) in [4.78, 5) is 12.3. The lowest BCUT2D eigenvalue weighted by atomic mass is 10.1. The van der Waals surface area contributed by atoms with Gasteiger partial charge in [-0.25, -0.2) is 4.98 Å². The summed E-state index contributed by atoms with van der Waals surface area (Å²) < 4.78 is 37.8. The molecule has 3 rings (SSSR count). The third-order valence-electron chi connectivity index (χ3n) is 2.85. The Labute approximate surface area is 112 Å². The normalized spacial score (nSPS) is 11.8. The van der Waals surface area contributed by atoms with Gasteiger partial charge in [-0.15, -0.1) is 0 Å². The summed E-state index contributed by atoms with van der Waals surface area (Å²) in [5, 5.41) is 0. The fraction of sp³-hybridized carbons (Fsp3) is 0.0714. The van der Waals surface area contributed by atoms with Gasteiger partial charge in [0.2, 0.25) is 0 Å². The van der Waals surface area contributed by atoms with E-state index in [0.717, 1.165) is 17.7 Å². The number of aromatic nitrogens is 3. The van der Waals surface area contributed by atoms with Crippen molar-refractivity contribution in [3.8, 4) is 11.3 Å². The number of pyridine rings is 1. The number of halogens is 3. The molecule has 0 radical (unpaired) electrons. The van der Waals surface area contributed by atoms with Crippen molar-refractivity contribution >= 4 is 11.0 Å². The zero-order chi connectivity index (χ0) is 14.2. The molecule has 3 aromatic rings. The molecule has 1 aromatic carbocycles. The molecule has 0 aliphatic rings. The van der Waals surface area contributed by atoms with Crippen LogP contribution in [0, 0.1) is 0 Å². The molecule has 2 aromatic heterocycles. The predicted octanol–water partition coefficient (Wildman–Crippen LogP) is 3.71. The summed E-state index contributed by atoms with van der Waals surface area (Å²) in [6, 6.07) is 6.86. The second-order valence-corrected chi connectivity index (χ2v) is 4.19. The van der Waals surface area contributed by atoms with Crippen LogP contribution in [0.15, 0.2) is 48.9 Å². The topological polar surface area (TPSA) is 38.7 Å². The average Bonchev–Trinajstić information content (AvgIpc) is 2.46. The summed E-state index contributed by atoms with van der Waals surface area (Å²) in [6.07, 6.45) is 0.319. The largest absolute Gasteiger partial charge is 0.416 e. The van der Waals surface area contributed by atoms with Gasteiger partial charge in [-0.3, -0.25) is 9.97 Å². The van der Waals surface area contributed by atoms with E-state index in [4.69, 9.17) is 0 Å². The smallest absolute Gasteiger partial charge is 0.265 e. The third-order valence-corrected chi connectivity index (χ3v) is 2.85. The first-order chi connectivity index (χ1) is 9.54. The lowest BCUT2D eigenvalue weighted by molar-refractivity contribution is -0.137. The van der Waals surface area contributed by atoms with Crippen molar-refractivity contribution in [2.45, 2.75) is 6.18 Å². The number of hydrogen-bond donors (Lipinski definition) is 0. The van der Waals surface area contributed by atoms with Crippen LogP contribution in [-0.2, 0) is 6.18 Å². The Morgan fingerprint density at radius 2 is 1.65 bits per heavy atom. The molecule has 0 amide bonds. The molecule has 100 valence electrons. The number of nitrogens with zero attached hydrogens (tertiary/aromatic N) is 3. The Hall–Kier alpha value is -2.50. The van der Waals surface area contributed by atoms with Crippen LogP contribution in [-0.4, -0.2) is 15.0 Å². The van der Waals surface area contributed by atoms with Crippen molar-refractivity contribution in [1.82, 2.24) is 15.0 Å². The van der Waals surface area contributed by atoms with E-state index in [1.165, 1.54) is 12.3 Å². The highest BCUT2D eigenvalue weighted by Gasteiger charge is 2.30. The molecule has 0 spiro atoms. The minimum atomic E-state index is -4.38. The van der Waals surface area contributed by atoms with Gasteiger partial charge in [-0.05, 0) is 30.3 Å². The van der Waals surface area contributed by atoms with Crippen molar-refractivity contribution < 1.29 is 13.2 Å². The Morgan fingerprint density at radius 3 is 2.35 bits per heavy atom. The summed E-state index contributed by atoms with van der Waals surface area (Å²) in [7, 11) is 0. The van der Waals surface area contributed by atoms with Crippen LogP contribution in [0.4, 0.5) is 13.2 Å². The third kappa shape index (κ3) is 2.32. The molecule has 0 saturated heterocycles. The molecule has 0 atom stereocenters. The van der Waals surface area contributed by atoms with E-state index < -0.39 is 11.7 Å². The first-order valence-corrected chi connectivity index (χ1v) is 5.78. The van der Waals surface area contributed by atoms with Gasteiger partial charge in [0.25, 0.3) is 0 Å². The second-order valence-electron chi connectivity index (χ2n) is 4.19. The number of benzene rings is 1. The summed E-state index contributed by atoms with van der Waals surface area (Å²) in [6.45, 7) is 0. The summed E-state index contributed by atoms with van der Waals surface area (Å²) in [5.74, 6) is 0. The van der Waals surface area contributed by atoms with E-state index in [1.807, 2.05) is 0 Å². The van der Waals surface area contributed by atoms with Gasteiger partial charge in [0.1, 0.15) is 0 Å². The summed E-state index contributed by atoms with van der Waals surface area (Å²) >= 11 is 0. The predicted molar refractivity (Wildman–Crippen MR) is 67.8 cm³/mol. The molecule has 0 bridgehead atoms. The van der Waals surface area contributed by atoms with E-state index in [9.17, 15) is 13.2 Å². The maximum Gasteiger partial charge on any atom is 0.416 e. The van der Waals surface area contributed by atoms with Crippen LogP contribution in [0.1, 0.15) is 5.56 Å². The van der Waals surface area contributed by atoms with E-state index in [0.29, 0.717) is 11.2 Å². The van der Waals surface area contributed by atoms with Crippen LogP contribution < -0.4 is 0 Å². The van der Waals surface area contributed by atoms with Crippen LogP contribution >= 0.6 is 0 Å². The first kappa shape index (κ1) is 12.5. The number of rotatable bonds is 1. The van der Waals surface area contributed by atoms with Gasteiger partial charge < -0.3 is 0 Å². The molecule has 2 heterocycles. The Morgan fingerprint density at radius 1 is 0.900 bits per heavy atom. The van der Waals surface area contributed by atoms with Gasteiger partial charge in [0.05, 0.1) is 28.5 Å². The molecular weight excluding hydrogens is 267 g/mol. The Bertz CT molecular complexity index is 754. The van der Waals surface area contributed by atoms with E-state index in [-0.39, 0.29) is 5.52 Å². The van der Waals surface area contributed by atoms with E-state index >= 15 is 0 Å². The fourth-order valence-electron chi connectivity index (χ4n) is 1.85. The van der Waals surface area contributed by atoms with E-state index in [2.05, 4.69) is 15.0 Å². The highest BCUT2D eigenvalue weighted by atomic mass is 19.4. The molecule has 0 aliphatic heterocycles. The highest BCUT2D eigenvalue weighted by molar-refractivity contribution is 5.77. The molecule has 0 saturated carbocycles. The SMILES string of the molecule is FC(F)(F)c1ccc2nc(-c3ccncc3)cnc2c1. The molecule has 0 unspecified atom stereocenters. The maximum absolute atomic E-state index is 12.6.